The van der Waals surface area contributed by atoms with Crippen molar-refractivity contribution in [3.05, 3.63) is 83.4 Å². The minimum absolute atomic E-state index is 0.0671. The SMILES string of the molecule is CC(C)[Si](OC/C1=C/CC[C@@](C)(OCc2ccccc2)[C@@H](COCc2ccccc2)O[C@@H](CO)C1)(C(C)C)C(C)C. The van der Waals surface area contributed by atoms with Gasteiger partial charge >= 0.3 is 0 Å². The summed E-state index contributed by atoms with van der Waals surface area (Å²) in [5.41, 5.74) is 4.41. The Morgan fingerprint density at radius 3 is 1.95 bits per heavy atom. The van der Waals surface area contributed by atoms with Gasteiger partial charge in [0.2, 0.25) is 8.32 Å². The zero-order valence-electron chi connectivity index (χ0n) is 26.5. The van der Waals surface area contributed by atoms with Gasteiger partial charge in [-0.05, 0) is 59.5 Å². The maximum atomic E-state index is 10.4. The molecule has 0 aliphatic carbocycles. The molecule has 0 saturated carbocycles. The van der Waals surface area contributed by atoms with Crippen molar-refractivity contribution in [3.8, 4) is 0 Å². The summed E-state index contributed by atoms with van der Waals surface area (Å²) in [7, 11) is -2.02. The predicted molar refractivity (Wildman–Crippen MR) is 170 cm³/mol. The van der Waals surface area contributed by atoms with Crippen LogP contribution in [-0.2, 0) is 31.9 Å². The molecule has 228 valence electrons. The van der Waals surface area contributed by atoms with E-state index in [1.54, 1.807) is 0 Å². The van der Waals surface area contributed by atoms with Crippen molar-refractivity contribution < 1.29 is 23.7 Å². The first-order valence-electron chi connectivity index (χ1n) is 15.5. The zero-order chi connectivity index (χ0) is 29.9. The summed E-state index contributed by atoms with van der Waals surface area (Å²) in [6, 6.07) is 20.4. The smallest absolute Gasteiger partial charge is 0.200 e. The van der Waals surface area contributed by atoms with Crippen molar-refractivity contribution in [3.63, 3.8) is 0 Å². The molecule has 2 aromatic carbocycles. The fourth-order valence-corrected chi connectivity index (χ4v) is 12.0. The molecule has 0 amide bonds. The molecule has 1 N–H and O–H groups in total. The molecule has 41 heavy (non-hydrogen) atoms. The van der Waals surface area contributed by atoms with Crippen LogP contribution in [0.5, 0.6) is 0 Å². The van der Waals surface area contributed by atoms with Crippen molar-refractivity contribution in [2.24, 2.45) is 0 Å². The molecule has 0 aromatic heterocycles. The first-order valence-corrected chi connectivity index (χ1v) is 17.6. The highest BCUT2D eigenvalue weighted by molar-refractivity contribution is 6.77. The lowest BCUT2D eigenvalue weighted by Crippen LogP contribution is -2.48. The Morgan fingerprint density at radius 2 is 1.41 bits per heavy atom. The summed E-state index contributed by atoms with van der Waals surface area (Å²) < 4.78 is 26.5. The molecule has 0 bridgehead atoms. The lowest BCUT2D eigenvalue weighted by Gasteiger charge is -2.42. The van der Waals surface area contributed by atoms with Crippen LogP contribution in [0.1, 0.15) is 78.9 Å². The second-order valence-corrected chi connectivity index (χ2v) is 18.2. The van der Waals surface area contributed by atoms with E-state index >= 15 is 0 Å². The third kappa shape index (κ3) is 9.34. The van der Waals surface area contributed by atoms with Gasteiger partial charge in [-0.25, -0.2) is 0 Å². The van der Waals surface area contributed by atoms with E-state index in [9.17, 15) is 5.11 Å². The number of hydrogen-bond donors (Lipinski definition) is 1. The summed E-state index contributed by atoms with van der Waals surface area (Å²) in [6.45, 7) is 17.9. The Labute approximate surface area is 250 Å². The number of ether oxygens (including phenoxy) is 3. The molecule has 6 heteroatoms. The van der Waals surface area contributed by atoms with E-state index in [0.29, 0.717) is 49.5 Å². The van der Waals surface area contributed by atoms with E-state index in [4.69, 9.17) is 18.6 Å². The van der Waals surface area contributed by atoms with Crippen molar-refractivity contribution in [1.29, 1.82) is 0 Å². The average Bonchev–Trinajstić information content (AvgIpc) is 3.01. The standard InChI is InChI=1S/C35H54O5Si/c1-27(2)41(28(3)4,29(5)6)39-25-32-19-14-20-35(7,38-24-31-17-12-9-13-18-31)34(40-33(21-32)22-36)26-37-23-30-15-10-8-11-16-30/h8-13,15-19,27-29,33-34,36H,14,20-26H2,1-7H3/b32-19+/t33-,34-,35-/m1/s1. The molecule has 1 heterocycles. The van der Waals surface area contributed by atoms with Gasteiger partial charge in [-0.15, -0.1) is 0 Å². The topological polar surface area (TPSA) is 57.2 Å². The molecule has 3 atom stereocenters. The van der Waals surface area contributed by atoms with Gasteiger partial charge < -0.3 is 23.7 Å². The highest BCUT2D eigenvalue weighted by Crippen LogP contribution is 2.43. The third-order valence-corrected chi connectivity index (χ3v) is 14.9. The van der Waals surface area contributed by atoms with Crippen molar-refractivity contribution in [2.45, 2.75) is 115 Å². The van der Waals surface area contributed by atoms with Crippen LogP contribution in [0, 0.1) is 0 Å². The molecule has 0 saturated heterocycles. The van der Waals surface area contributed by atoms with E-state index in [1.165, 1.54) is 5.57 Å². The number of allylic oxidation sites excluding steroid dienone is 1. The summed E-state index contributed by atoms with van der Waals surface area (Å²) in [5.74, 6) is 0. The Morgan fingerprint density at radius 1 is 0.854 bits per heavy atom. The maximum absolute atomic E-state index is 10.4. The fourth-order valence-electron chi connectivity index (χ4n) is 6.53. The molecule has 0 fully saturated rings. The minimum Gasteiger partial charge on any atom is -0.412 e. The van der Waals surface area contributed by atoms with Gasteiger partial charge in [0.1, 0.15) is 6.10 Å². The van der Waals surface area contributed by atoms with E-state index in [1.807, 2.05) is 36.4 Å². The van der Waals surface area contributed by atoms with Gasteiger partial charge in [0.05, 0.1) is 44.7 Å². The molecule has 1 aliphatic rings. The van der Waals surface area contributed by atoms with E-state index in [-0.39, 0.29) is 18.8 Å². The van der Waals surface area contributed by atoms with Crippen molar-refractivity contribution >= 4 is 8.32 Å². The second-order valence-electron chi connectivity index (χ2n) is 12.7. The molecular formula is C35H54O5Si. The van der Waals surface area contributed by atoms with Crippen molar-refractivity contribution in [2.75, 3.05) is 19.8 Å². The Hall–Kier alpha value is -1.80. The van der Waals surface area contributed by atoms with Crippen LogP contribution in [0.3, 0.4) is 0 Å². The van der Waals surface area contributed by atoms with E-state index < -0.39 is 13.9 Å². The summed E-state index contributed by atoms with van der Waals surface area (Å²) >= 11 is 0. The Bertz CT molecular complexity index is 1020. The molecule has 2 aromatic rings. The van der Waals surface area contributed by atoms with Crippen molar-refractivity contribution in [1.82, 2.24) is 0 Å². The fraction of sp³-hybridized carbons (Fsp3) is 0.600. The zero-order valence-corrected chi connectivity index (χ0v) is 27.5. The van der Waals surface area contributed by atoms with Gasteiger partial charge in [-0.3, -0.25) is 0 Å². The second kappa shape index (κ2) is 16.2. The highest BCUT2D eigenvalue weighted by Gasteiger charge is 2.45. The third-order valence-electron chi connectivity index (χ3n) is 8.81. The van der Waals surface area contributed by atoms with Gasteiger partial charge in [0, 0.05) is 0 Å². The van der Waals surface area contributed by atoms with E-state index in [0.717, 1.165) is 24.0 Å². The van der Waals surface area contributed by atoms with Crippen LogP contribution < -0.4 is 0 Å². The summed E-state index contributed by atoms with van der Waals surface area (Å²) in [5, 5.41) is 10.4. The number of aliphatic hydroxyl groups is 1. The Kier molecular flexibility index (Phi) is 13.3. The Balaban J connectivity index is 1.81. The molecule has 5 nitrogen and oxygen atoms in total. The largest absolute Gasteiger partial charge is 0.412 e. The molecule has 0 radical (unpaired) electrons. The molecule has 3 rings (SSSR count). The quantitative estimate of drug-likeness (QED) is 0.180. The lowest BCUT2D eigenvalue weighted by atomic mass is 9.92. The summed E-state index contributed by atoms with van der Waals surface area (Å²) in [6.07, 6.45) is 3.88. The predicted octanol–water partition coefficient (Wildman–Crippen LogP) is 8.23. The monoisotopic (exact) mass is 582 g/mol. The van der Waals surface area contributed by atoms with Crippen LogP contribution in [0.4, 0.5) is 0 Å². The maximum Gasteiger partial charge on any atom is 0.200 e. The van der Waals surface area contributed by atoms with Crippen LogP contribution in [0.15, 0.2) is 72.3 Å². The van der Waals surface area contributed by atoms with Gasteiger partial charge in [0.15, 0.2) is 0 Å². The lowest BCUT2D eigenvalue weighted by molar-refractivity contribution is -0.188. The van der Waals surface area contributed by atoms with Gasteiger partial charge in [-0.2, -0.15) is 0 Å². The number of benzene rings is 2. The average molecular weight is 583 g/mol. The molecule has 0 spiro atoms. The first kappa shape index (κ1) is 33.7. The van der Waals surface area contributed by atoms with Crippen LogP contribution >= 0.6 is 0 Å². The minimum atomic E-state index is -2.02. The normalized spacial score (nSPS) is 23.7. The van der Waals surface area contributed by atoms with Gasteiger partial charge in [-0.1, -0.05) is 108 Å². The van der Waals surface area contributed by atoms with Gasteiger partial charge in [0.25, 0.3) is 0 Å². The molecule has 1 aliphatic heterocycles. The number of aliphatic hydroxyl groups excluding tert-OH is 1. The van der Waals surface area contributed by atoms with E-state index in [2.05, 4.69) is 78.8 Å². The number of rotatable bonds is 14. The van der Waals surface area contributed by atoms with Crippen LogP contribution in [-0.4, -0.2) is 51.1 Å². The molecular weight excluding hydrogens is 528 g/mol. The first-order chi connectivity index (χ1) is 19.6. The molecule has 0 unspecified atom stereocenters. The number of hydrogen-bond acceptors (Lipinski definition) is 5. The highest BCUT2D eigenvalue weighted by atomic mass is 28.4. The summed E-state index contributed by atoms with van der Waals surface area (Å²) in [4.78, 5) is 0. The van der Waals surface area contributed by atoms with Crippen LogP contribution in [0.25, 0.3) is 0 Å². The van der Waals surface area contributed by atoms with Crippen LogP contribution in [0.2, 0.25) is 16.6 Å².